The van der Waals surface area contributed by atoms with Crippen molar-refractivity contribution in [2.24, 2.45) is 5.73 Å². The lowest BCUT2D eigenvalue weighted by Crippen LogP contribution is -2.80. The zero-order chi connectivity index (χ0) is 15.1. The Morgan fingerprint density at radius 3 is 2.62 bits per heavy atom. The first-order valence-corrected chi connectivity index (χ1v) is 7.08. The highest BCUT2D eigenvalue weighted by Crippen LogP contribution is 2.22. The summed E-state index contributed by atoms with van der Waals surface area (Å²) in [6, 6.07) is 15.5. The number of nitrogens with two attached hydrogens (primary N) is 2. The molecule has 21 heavy (non-hydrogen) atoms. The fraction of sp³-hybridized carbons (Fsp3) is 0.188. The number of hydrogen-bond acceptors (Lipinski definition) is 2. The average Bonchev–Trinajstić information content (AvgIpc) is 2.47. The number of hydrogen-bond donors (Lipinski definition) is 2. The van der Waals surface area contributed by atoms with Crippen molar-refractivity contribution in [1.82, 2.24) is 0 Å². The first kappa shape index (κ1) is 15.4. The van der Waals surface area contributed by atoms with Crippen LogP contribution in [-0.4, -0.2) is 12.5 Å². The van der Waals surface area contributed by atoms with Gasteiger partial charge in [-0.3, -0.25) is 4.79 Å². The predicted octanol–water partition coefficient (Wildman–Crippen LogP) is 1.47. The van der Waals surface area contributed by atoms with E-state index in [4.69, 9.17) is 22.1 Å². The molecule has 5 heteroatoms. The van der Waals surface area contributed by atoms with Gasteiger partial charge in [0.2, 0.25) is 0 Å². The highest BCUT2D eigenvalue weighted by Gasteiger charge is 2.08. The van der Waals surface area contributed by atoms with Gasteiger partial charge in [-0.2, -0.15) is 0 Å². The smallest absolute Gasteiger partial charge is 0.255 e. The van der Waals surface area contributed by atoms with Crippen molar-refractivity contribution in [3.05, 3.63) is 64.7 Å². The lowest BCUT2D eigenvalue weighted by atomic mass is 10.2. The number of amides is 1. The Labute approximate surface area is 128 Å². The molecule has 0 aliphatic carbocycles. The molecule has 0 aliphatic rings. The van der Waals surface area contributed by atoms with E-state index in [-0.39, 0.29) is 6.61 Å². The third-order valence-corrected chi connectivity index (χ3v) is 3.21. The second-order valence-corrected chi connectivity index (χ2v) is 5.13. The van der Waals surface area contributed by atoms with E-state index in [1.165, 1.54) is 5.56 Å². The van der Waals surface area contributed by atoms with E-state index in [0.717, 1.165) is 12.1 Å². The molecule has 0 saturated heterocycles. The number of ether oxygens (including phenoxy) is 1. The molecule has 4 nitrogen and oxygen atoms in total. The Balaban J connectivity index is 1.97. The molecule has 0 aromatic heterocycles. The topological polar surface area (TPSA) is 68.9 Å². The van der Waals surface area contributed by atoms with Crippen LogP contribution in [0.2, 0.25) is 5.02 Å². The maximum Gasteiger partial charge on any atom is 0.255 e. The molecule has 2 aromatic rings. The van der Waals surface area contributed by atoms with Crippen molar-refractivity contribution in [2.45, 2.75) is 13.1 Å². The van der Waals surface area contributed by atoms with Gasteiger partial charge in [0.05, 0.1) is 0 Å². The highest BCUT2D eigenvalue weighted by molar-refractivity contribution is 6.30. The normalized spacial score (nSPS) is 10.3. The molecule has 0 radical (unpaired) electrons. The van der Waals surface area contributed by atoms with Crippen LogP contribution in [0, 0.1) is 0 Å². The minimum atomic E-state index is -0.496. The summed E-state index contributed by atoms with van der Waals surface area (Å²) in [4.78, 5) is 10.8. The maximum atomic E-state index is 10.8. The number of rotatable bonds is 7. The minimum Gasteiger partial charge on any atom is -0.483 e. The first-order valence-electron chi connectivity index (χ1n) is 6.70. The number of carbonyl (C=O) groups excluding carboxylic acids is 1. The van der Waals surface area contributed by atoms with E-state index in [1.54, 1.807) is 12.1 Å². The van der Waals surface area contributed by atoms with E-state index in [0.29, 0.717) is 17.3 Å². The van der Waals surface area contributed by atoms with Crippen LogP contribution >= 0.6 is 11.6 Å². The largest absolute Gasteiger partial charge is 0.483 e. The molecule has 0 saturated carbocycles. The van der Waals surface area contributed by atoms with Gasteiger partial charge in [0.15, 0.2) is 6.61 Å². The van der Waals surface area contributed by atoms with Crippen LogP contribution in [0.1, 0.15) is 11.1 Å². The number of benzene rings is 2. The van der Waals surface area contributed by atoms with E-state index >= 15 is 0 Å². The number of quaternary nitrogens is 1. The number of halogens is 1. The van der Waals surface area contributed by atoms with E-state index in [9.17, 15) is 4.79 Å². The average molecular weight is 306 g/mol. The highest BCUT2D eigenvalue weighted by atomic mass is 35.5. The quantitative estimate of drug-likeness (QED) is 0.813. The molecule has 2 rings (SSSR count). The van der Waals surface area contributed by atoms with Gasteiger partial charge in [-0.05, 0) is 18.2 Å². The Bertz CT molecular complexity index is 602. The Hall–Kier alpha value is -2.04. The summed E-state index contributed by atoms with van der Waals surface area (Å²) in [5, 5.41) is 2.79. The van der Waals surface area contributed by atoms with Crippen LogP contribution in [0.4, 0.5) is 0 Å². The molecular weight excluding hydrogens is 288 g/mol. The summed E-state index contributed by atoms with van der Waals surface area (Å²) in [6.45, 7) is 1.44. The van der Waals surface area contributed by atoms with Gasteiger partial charge >= 0.3 is 0 Å². The van der Waals surface area contributed by atoms with Gasteiger partial charge < -0.3 is 15.8 Å². The zero-order valence-corrected chi connectivity index (χ0v) is 12.3. The molecule has 2 aromatic carbocycles. The Kier molecular flexibility index (Phi) is 5.60. The standard InChI is InChI=1S/C16H17ClN2O2/c17-14-6-7-15(21-11-16(18)20)13(8-14)10-19-9-12-4-2-1-3-5-12/h1-8,19H,9-11H2,(H2,18,20)/p+1. The minimum absolute atomic E-state index is 0.132. The van der Waals surface area contributed by atoms with Gasteiger partial charge in [-0.25, -0.2) is 0 Å². The number of primary amides is 1. The van der Waals surface area contributed by atoms with E-state index < -0.39 is 5.91 Å². The summed E-state index contributed by atoms with van der Waals surface area (Å²) in [5.41, 5.74) is 7.29. The second-order valence-electron chi connectivity index (χ2n) is 4.69. The lowest BCUT2D eigenvalue weighted by molar-refractivity contribution is -0.686. The molecule has 0 unspecified atom stereocenters. The maximum absolute atomic E-state index is 10.8. The van der Waals surface area contributed by atoms with Crippen molar-refractivity contribution < 1.29 is 14.8 Å². The lowest BCUT2D eigenvalue weighted by Gasteiger charge is -2.10. The molecular formula is C16H18ClN2O2+. The van der Waals surface area contributed by atoms with Crippen molar-refractivity contribution in [3.8, 4) is 5.75 Å². The van der Waals surface area contributed by atoms with Gasteiger partial charge in [0, 0.05) is 16.1 Å². The van der Waals surface area contributed by atoms with E-state index in [1.807, 2.05) is 24.3 Å². The SMILES string of the molecule is NC(=O)COc1ccc(Cl)cc1C[NH2+]Cc1ccccc1. The van der Waals surface area contributed by atoms with Crippen LogP contribution in [-0.2, 0) is 17.9 Å². The molecule has 110 valence electrons. The summed E-state index contributed by atoms with van der Waals surface area (Å²) >= 11 is 6.01. The molecule has 0 heterocycles. The molecule has 0 bridgehead atoms. The van der Waals surface area contributed by atoms with Crippen LogP contribution in [0.25, 0.3) is 0 Å². The molecule has 0 spiro atoms. The molecule has 0 aliphatic heterocycles. The summed E-state index contributed by atoms with van der Waals surface area (Å²) in [7, 11) is 0. The Morgan fingerprint density at radius 2 is 1.90 bits per heavy atom. The second kappa shape index (κ2) is 7.67. The van der Waals surface area contributed by atoms with Crippen molar-refractivity contribution in [2.75, 3.05) is 6.61 Å². The summed E-state index contributed by atoms with van der Waals surface area (Å²) < 4.78 is 5.40. The van der Waals surface area contributed by atoms with Crippen molar-refractivity contribution >= 4 is 17.5 Å². The van der Waals surface area contributed by atoms with Crippen LogP contribution in [0.15, 0.2) is 48.5 Å². The first-order chi connectivity index (χ1) is 10.1. The fourth-order valence-corrected chi connectivity index (χ4v) is 2.20. The zero-order valence-electron chi connectivity index (χ0n) is 11.6. The van der Waals surface area contributed by atoms with Gasteiger partial charge in [0.1, 0.15) is 18.8 Å². The van der Waals surface area contributed by atoms with Gasteiger partial charge in [-0.15, -0.1) is 0 Å². The Morgan fingerprint density at radius 1 is 1.14 bits per heavy atom. The van der Waals surface area contributed by atoms with Crippen molar-refractivity contribution in [3.63, 3.8) is 0 Å². The molecule has 0 fully saturated rings. The van der Waals surface area contributed by atoms with Gasteiger partial charge in [-0.1, -0.05) is 41.9 Å². The third-order valence-electron chi connectivity index (χ3n) is 2.98. The molecule has 1 amide bonds. The van der Waals surface area contributed by atoms with E-state index in [2.05, 4.69) is 17.4 Å². The number of carbonyl (C=O) groups is 1. The predicted molar refractivity (Wildman–Crippen MR) is 81.9 cm³/mol. The molecule has 4 N–H and O–H groups in total. The molecule has 0 atom stereocenters. The van der Waals surface area contributed by atoms with Crippen molar-refractivity contribution in [1.29, 1.82) is 0 Å². The van der Waals surface area contributed by atoms with Crippen LogP contribution in [0.3, 0.4) is 0 Å². The van der Waals surface area contributed by atoms with Gasteiger partial charge in [0.25, 0.3) is 5.91 Å². The van der Waals surface area contributed by atoms with Crippen LogP contribution < -0.4 is 15.8 Å². The summed E-state index contributed by atoms with van der Waals surface area (Å²) in [5.74, 6) is 0.145. The monoisotopic (exact) mass is 305 g/mol. The third kappa shape index (κ3) is 5.10. The summed E-state index contributed by atoms with van der Waals surface area (Å²) in [6.07, 6.45) is 0. The van der Waals surface area contributed by atoms with Crippen LogP contribution in [0.5, 0.6) is 5.75 Å². The fourth-order valence-electron chi connectivity index (χ4n) is 2.01.